The van der Waals surface area contributed by atoms with Crippen molar-refractivity contribution in [1.29, 1.82) is 0 Å². The number of carbonyl (C=O) groups excluding carboxylic acids is 1. The first kappa shape index (κ1) is 18.4. The Bertz CT molecular complexity index is 954. The zero-order valence-corrected chi connectivity index (χ0v) is 15.8. The standard InChI is InChI=1S/C19H23N3O3S/c1-3-21-26(24,25)14-10-9-13(2)16(12-14)19(23)22-11-5-6-15-17(20)7-4-8-18(15)22/h4,7-10,12,21H,3,5-6,11,20H2,1-2H3. The van der Waals surface area contributed by atoms with Crippen LogP contribution in [-0.4, -0.2) is 27.4 Å². The Morgan fingerprint density at radius 2 is 2.04 bits per heavy atom. The summed E-state index contributed by atoms with van der Waals surface area (Å²) in [6, 6.07) is 10.2. The van der Waals surface area contributed by atoms with Crippen LogP contribution in [0.5, 0.6) is 0 Å². The second kappa shape index (κ2) is 7.09. The van der Waals surface area contributed by atoms with E-state index >= 15 is 0 Å². The van der Waals surface area contributed by atoms with E-state index in [1.165, 1.54) is 12.1 Å². The van der Waals surface area contributed by atoms with Gasteiger partial charge in [0, 0.05) is 30.0 Å². The maximum atomic E-state index is 13.2. The molecule has 138 valence electrons. The molecule has 7 heteroatoms. The molecule has 3 rings (SSSR count). The monoisotopic (exact) mass is 373 g/mol. The van der Waals surface area contributed by atoms with Crippen molar-refractivity contribution < 1.29 is 13.2 Å². The van der Waals surface area contributed by atoms with Gasteiger partial charge in [-0.05, 0) is 55.2 Å². The lowest BCUT2D eigenvalue weighted by atomic mass is 9.98. The molecule has 1 aliphatic rings. The lowest BCUT2D eigenvalue weighted by molar-refractivity contribution is 0.0984. The molecule has 0 fully saturated rings. The van der Waals surface area contributed by atoms with Gasteiger partial charge >= 0.3 is 0 Å². The Morgan fingerprint density at radius 1 is 1.27 bits per heavy atom. The molecule has 0 saturated carbocycles. The molecule has 1 amide bonds. The minimum absolute atomic E-state index is 0.0955. The second-order valence-electron chi connectivity index (χ2n) is 6.38. The topological polar surface area (TPSA) is 92.5 Å². The summed E-state index contributed by atoms with van der Waals surface area (Å²) in [7, 11) is -3.62. The Kier molecular flexibility index (Phi) is 5.02. The van der Waals surface area contributed by atoms with Crippen LogP contribution in [0.2, 0.25) is 0 Å². The largest absolute Gasteiger partial charge is 0.398 e. The molecule has 0 bridgehead atoms. The van der Waals surface area contributed by atoms with Gasteiger partial charge in [-0.25, -0.2) is 13.1 Å². The van der Waals surface area contributed by atoms with Crippen molar-refractivity contribution >= 4 is 27.3 Å². The van der Waals surface area contributed by atoms with Gasteiger partial charge < -0.3 is 10.6 Å². The van der Waals surface area contributed by atoms with Crippen molar-refractivity contribution in [3.8, 4) is 0 Å². The normalized spacial score (nSPS) is 14.2. The number of nitrogens with one attached hydrogen (secondary N) is 1. The first-order chi connectivity index (χ1) is 12.3. The lowest BCUT2D eigenvalue weighted by Gasteiger charge is -2.30. The number of nitrogens with two attached hydrogens (primary N) is 1. The number of carbonyl (C=O) groups is 1. The minimum atomic E-state index is -3.62. The highest BCUT2D eigenvalue weighted by Gasteiger charge is 2.26. The van der Waals surface area contributed by atoms with Gasteiger partial charge in [-0.2, -0.15) is 0 Å². The van der Waals surface area contributed by atoms with Crippen LogP contribution in [0.3, 0.4) is 0 Å². The molecule has 0 aliphatic carbocycles. The van der Waals surface area contributed by atoms with Crippen LogP contribution in [0, 0.1) is 6.92 Å². The average Bonchev–Trinajstić information content (AvgIpc) is 2.61. The number of fused-ring (bicyclic) bond motifs is 1. The fraction of sp³-hybridized carbons (Fsp3) is 0.316. The highest BCUT2D eigenvalue weighted by molar-refractivity contribution is 7.89. The predicted molar refractivity (Wildman–Crippen MR) is 103 cm³/mol. The van der Waals surface area contributed by atoms with Gasteiger partial charge in [0.2, 0.25) is 10.0 Å². The summed E-state index contributed by atoms with van der Waals surface area (Å²) in [5.74, 6) is -0.206. The third-order valence-electron chi connectivity index (χ3n) is 4.62. The molecule has 26 heavy (non-hydrogen) atoms. The van der Waals surface area contributed by atoms with Crippen LogP contribution in [0.15, 0.2) is 41.3 Å². The molecule has 6 nitrogen and oxygen atoms in total. The SMILES string of the molecule is CCNS(=O)(=O)c1ccc(C)c(C(=O)N2CCCc3c(N)cccc32)c1. The Hall–Kier alpha value is -2.38. The first-order valence-electron chi connectivity index (χ1n) is 8.64. The van der Waals surface area contributed by atoms with Crippen molar-refractivity contribution in [2.24, 2.45) is 0 Å². The van der Waals surface area contributed by atoms with Gasteiger partial charge in [0.1, 0.15) is 0 Å². The maximum Gasteiger partial charge on any atom is 0.258 e. The van der Waals surface area contributed by atoms with E-state index in [1.807, 2.05) is 18.2 Å². The van der Waals surface area contributed by atoms with Crippen LogP contribution < -0.4 is 15.4 Å². The van der Waals surface area contributed by atoms with Gasteiger partial charge in [0.25, 0.3) is 5.91 Å². The Balaban J connectivity index is 2.03. The molecule has 3 N–H and O–H groups in total. The van der Waals surface area contributed by atoms with E-state index in [-0.39, 0.29) is 17.3 Å². The number of hydrogen-bond donors (Lipinski definition) is 2. The number of hydrogen-bond acceptors (Lipinski definition) is 4. The van der Waals surface area contributed by atoms with Crippen LogP contribution in [-0.2, 0) is 16.4 Å². The minimum Gasteiger partial charge on any atom is -0.398 e. The molecule has 1 heterocycles. The summed E-state index contributed by atoms with van der Waals surface area (Å²) < 4.78 is 27.0. The second-order valence-corrected chi connectivity index (χ2v) is 8.15. The summed E-state index contributed by atoms with van der Waals surface area (Å²) in [5.41, 5.74) is 9.65. The summed E-state index contributed by atoms with van der Waals surface area (Å²) >= 11 is 0. The van der Waals surface area contributed by atoms with Crippen molar-refractivity contribution in [2.75, 3.05) is 23.7 Å². The number of aryl methyl sites for hydroxylation is 1. The van der Waals surface area contributed by atoms with Crippen molar-refractivity contribution in [3.05, 3.63) is 53.1 Å². The van der Waals surface area contributed by atoms with Crippen molar-refractivity contribution in [3.63, 3.8) is 0 Å². The van der Waals surface area contributed by atoms with Gasteiger partial charge in [-0.15, -0.1) is 0 Å². The number of nitrogen functional groups attached to an aromatic ring is 1. The van der Waals surface area contributed by atoms with E-state index in [9.17, 15) is 13.2 Å². The molecule has 2 aromatic carbocycles. The molecular formula is C19H23N3O3S. The number of nitrogens with zero attached hydrogens (tertiary/aromatic N) is 1. The Morgan fingerprint density at radius 3 is 2.77 bits per heavy atom. The van der Waals surface area contributed by atoms with Crippen molar-refractivity contribution in [2.45, 2.75) is 31.6 Å². The Labute approximate surface area is 154 Å². The van der Waals surface area contributed by atoms with E-state index < -0.39 is 10.0 Å². The zero-order valence-electron chi connectivity index (χ0n) is 15.0. The third-order valence-corrected chi connectivity index (χ3v) is 6.16. The van der Waals surface area contributed by atoms with Gasteiger partial charge in [-0.1, -0.05) is 19.1 Å². The first-order valence-corrected chi connectivity index (χ1v) is 10.1. The summed E-state index contributed by atoms with van der Waals surface area (Å²) in [6.45, 7) is 4.39. The average molecular weight is 373 g/mol. The quantitative estimate of drug-likeness (QED) is 0.805. The van der Waals surface area contributed by atoms with E-state index in [2.05, 4.69) is 4.72 Å². The number of sulfonamides is 1. The number of rotatable bonds is 4. The zero-order chi connectivity index (χ0) is 18.9. The van der Waals surface area contributed by atoms with Crippen LogP contribution >= 0.6 is 0 Å². The van der Waals surface area contributed by atoms with Gasteiger partial charge in [-0.3, -0.25) is 4.79 Å². The van der Waals surface area contributed by atoms with E-state index in [1.54, 1.807) is 24.8 Å². The number of benzene rings is 2. The van der Waals surface area contributed by atoms with E-state index in [0.29, 0.717) is 17.8 Å². The van der Waals surface area contributed by atoms with Crippen molar-refractivity contribution in [1.82, 2.24) is 4.72 Å². The van der Waals surface area contributed by atoms with Gasteiger partial charge in [0.15, 0.2) is 0 Å². The molecule has 0 unspecified atom stereocenters. The third kappa shape index (κ3) is 3.32. The smallest absolute Gasteiger partial charge is 0.258 e. The maximum absolute atomic E-state index is 13.2. The van der Waals surface area contributed by atoms with E-state index in [0.717, 1.165) is 29.7 Å². The summed E-state index contributed by atoms with van der Waals surface area (Å²) in [6.07, 6.45) is 1.65. The molecule has 0 aromatic heterocycles. The molecule has 1 aliphatic heterocycles. The van der Waals surface area contributed by atoms with Crippen LogP contribution in [0.25, 0.3) is 0 Å². The lowest BCUT2D eigenvalue weighted by Crippen LogP contribution is -2.36. The molecular weight excluding hydrogens is 350 g/mol. The fourth-order valence-corrected chi connectivity index (χ4v) is 4.35. The van der Waals surface area contributed by atoms with Gasteiger partial charge in [0.05, 0.1) is 4.90 Å². The molecule has 0 atom stereocenters. The molecule has 2 aromatic rings. The molecule has 0 saturated heterocycles. The van der Waals surface area contributed by atoms with E-state index in [4.69, 9.17) is 5.73 Å². The summed E-state index contributed by atoms with van der Waals surface area (Å²) in [5, 5.41) is 0. The van der Waals surface area contributed by atoms with Crippen LogP contribution in [0.4, 0.5) is 11.4 Å². The molecule has 0 spiro atoms. The number of anilines is 2. The number of amides is 1. The fourth-order valence-electron chi connectivity index (χ4n) is 3.28. The predicted octanol–water partition coefficient (Wildman–Crippen LogP) is 2.47. The molecule has 0 radical (unpaired) electrons. The highest BCUT2D eigenvalue weighted by Crippen LogP contribution is 2.32. The van der Waals surface area contributed by atoms with Crippen LogP contribution in [0.1, 0.15) is 34.8 Å². The highest BCUT2D eigenvalue weighted by atomic mass is 32.2. The summed E-state index contributed by atoms with van der Waals surface area (Å²) in [4.78, 5) is 15.0.